The van der Waals surface area contributed by atoms with E-state index in [1.165, 1.54) is 22.3 Å². The first-order valence-electron chi connectivity index (χ1n) is 5.64. The minimum absolute atomic E-state index is 0.715. The number of hydrogen-bond donors (Lipinski definition) is 1. The van der Waals surface area contributed by atoms with Crippen molar-refractivity contribution in [2.24, 2.45) is 0 Å². The van der Waals surface area contributed by atoms with Crippen LogP contribution < -0.4 is 0 Å². The molecule has 1 aliphatic rings. The lowest BCUT2D eigenvalue weighted by Gasteiger charge is -2.00. The second-order valence-corrected chi connectivity index (χ2v) is 6.21. The molecule has 3 rings (SSSR count). The smallest absolute Gasteiger partial charge is 0.261 e. The third-order valence-corrected chi connectivity index (χ3v) is 3.15. The van der Waals surface area contributed by atoms with E-state index in [4.69, 9.17) is 16.2 Å². The van der Waals surface area contributed by atoms with E-state index in [1.807, 2.05) is 12.1 Å². The molecule has 0 fully saturated rings. The lowest BCUT2D eigenvalue weighted by Crippen LogP contribution is -1.88. The van der Waals surface area contributed by atoms with Gasteiger partial charge in [-0.3, -0.25) is 4.55 Å². The molecule has 0 amide bonds. The van der Waals surface area contributed by atoms with Gasteiger partial charge in [-0.1, -0.05) is 48.0 Å². The van der Waals surface area contributed by atoms with Crippen molar-refractivity contribution in [2.45, 2.75) is 6.42 Å². The van der Waals surface area contributed by atoms with Gasteiger partial charge >= 0.3 is 0 Å². The summed E-state index contributed by atoms with van der Waals surface area (Å²) in [7, 11) is -3.67. The Morgan fingerprint density at radius 2 is 1.63 bits per heavy atom. The van der Waals surface area contributed by atoms with Crippen molar-refractivity contribution in [3.05, 3.63) is 58.6 Å². The van der Waals surface area contributed by atoms with Gasteiger partial charge in [0.1, 0.15) is 0 Å². The highest BCUT2D eigenvalue weighted by Crippen LogP contribution is 2.39. The molecule has 1 aliphatic carbocycles. The normalized spacial score (nSPS) is 12.2. The molecule has 1 N–H and O–H groups in total. The van der Waals surface area contributed by atoms with Crippen LogP contribution in [0.5, 0.6) is 0 Å². The lowest BCUT2D eigenvalue weighted by atomic mass is 10.1. The van der Waals surface area contributed by atoms with Gasteiger partial charge < -0.3 is 0 Å². The molecule has 0 unspecified atom stereocenters. The monoisotopic (exact) mass is 296 g/mol. The van der Waals surface area contributed by atoms with Crippen molar-refractivity contribution in [1.82, 2.24) is 0 Å². The average molecular weight is 297 g/mol. The second kappa shape index (κ2) is 5.33. The molecule has 5 heteroatoms. The van der Waals surface area contributed by atoms with Crippen LogP contribution in [0.15, 0.2) is 42.5 Å². The van der Waals surface area contributed by atoms with E-state index in [9.17, 15) is 8.42 Å². The minimum Gasteiger partial charge on any atom is -0.286 e. The van der Waals surface area contributed by atoms with Gasteiger partial charge in [-0.15, -0.1) is 0 Å². The van der Waals surface area contributed by atoms with Gasteiger partial charge in [0.2, 0.25) is 0 Å². The van der Waals surface area contributed by atoms with Gasteiger partial charge in [0.25, 0.3) is 10.1 Å². The Morgan fingerprint density at radius 1 is 1.05 bits per heavy atom. The largest absolute Gasteiger partial charge is 0.286 e. The van der Waals surface area contributed by atoms with E-state index in [1.54, 1.807) is 0 Å². The van der Waals surface area contributed by atoms with Crippen molar-refractivity contribution < 1.29 is 13.0 Å². The molecule has 0 heterocycles. The van der Waals surface area contributed by atoms with E-state index in [-0.39, 0.29) is 0 Å². The fourth-order valence-corrected chi connectivity index (χ4v) is 2.36. The average Bonchev–Trinajstić information content (AvgIpc) is 2.67. The number of hydrogen-bond acceptors (Lipinski definition) is 2. The molecule has 0 saturated heterocycles. The summed E-state index contributed by atoms with van der Waals surface area (Å²) >= 11 is 6.16. The number of rotatable bonds is 0. The molecule has 100 valence electrons. The van der Waals surface area contributed by atoms with Gasteiger partial charge in [-0.05, 0) is 28.3 Å². The van der Waals surface area contributed by atoms with Crippen LogP contribution in [0.3, 0.4) is 0 Å². The van der Waals surface area contributed by atoms with Crippen LogP contribution in [0, 0.1) is 0 Å². The molecule has 0 spiro atoms. The van der Waals surface area contributed by atoms with Crippen LogP contribution in [0.25, 0.3) is 11.1 Å². The van der Waals surface area contributed by atoms with Crippen molar-refractivity contribution in [3.63, 3.8) is 0 Å². The zero-order valence-electron chi connectivity index (χ0n) is 10.3. The molecule has 0 aromatic heterocycles. The quantitative estimate of drug-likeness (QED) is 0.647. The molecule has 2 aromatic rings. The van der Waals surface area contributed by atoms with Crippen molar-refractivity contribution in [3.8, 4) is 11.1 Å². The maximum atomic E-state index is 9.19. The van der Waals surface area contributed by atoms with E-state index in [2.05, 4.69) is 30.3 Å². The van der Waals surface area contributed by atoms with Crippen LogP contribution in [-0.4, -0.2) is 19.2 Å². The minimum atomic E-state index is -3.67. The highest BCUT2D eigenvalue weighted by atomic mass is 35.5. The van der Waals surface area contributed by atoms with Gasteiger partial charge in [-0.2, -0.15) is 8.42 Å². The number of benzene rings is 2. The number of halogens is 1. The first-order chi connectivity index (χ1) is 8.86. The van der Waals surface area contributed by atoms with Gasteiger partial charge in [0, 0.05) is 11.4 Å². The zero-order valence-corrected chi connectivity index (χ0v) is 11.9. The van der Waals surface area contributed by atoms with Crippen molar-refractivity contribution in [2.75, 3.05) is 6.26 Å². The highest BCUT2D eigenvalue weighted by molar-refractivity contribution is 7.85. The van der Waals surface area contributed by atoms with Crippen LogP contribution in [0.2, 0.25) is 5.02 Å². The summed E-state index contributed by atoms with van der Waals surface area (Å²) in [4.78, 5) is 0. The predicted molar refractivity (Wildman–Crippen MR) is 77.2 cm³/mol. The summed E-state index contributed by atoms with van der Waals surface area (Å²) in [6.07, 6.45) is 1.69. The molecule has 0 aliphatic heterocycles. The van der Waals surface area contributed by atoms with Crippen molar-refractivity contribution >= 4 is 21.7 Å². The summed E-state index contributed by atoms with van der Waals surface area (Å²) in [6, 6.07) is 14.6. The van der Waals surface area contributed by atoms with Crippen LogP contribution in [0.1, 0.15) is 11.1 Å². The summed E-state index contributed by atoms with van der Waals surface area (Å²) in [5.41, 5.74) is 5.30. The Kier molecular flexibility index (Phi) is 3.94. The Morgan fingerprint density at radius 3 is 2.32 bits per heavy atom. The molecule has 0 radical (unpaired) electrons. The first kappa shape index (κ1) is 14.1. The third-order valence-electron chi connectivity index (χ3n) is 2.79. The summed E-state index contributed by atoms with van der Waals surface area (Å²) in [6.45, 7) is 0. The number of fused-ring (bicyclic) bond motifs is 3. The molecular formula is C14H13ClO3S. The third kappa shape index (κ3) is 3.56. The van der Waals surface area contributed by atoms with Gasteiger partial charge in [0.05, 0.1) is 6.26 Å². The van der Waals surface area contributed by atoms with E-state index in [0.29, 0.717) is 6.26 Å². The summed E-state index contributed by atoms with van der Waals surface area (Å²) in [5.74, 6) is 0. The predicted octanol–water partition coefficient (Wildman–Crippen LogP) is 3.42. The molecule has 2 aromatic carbocycles. The molecule has 0 saturated carbocycles. The second-order valence-electron chi connectivity index (χ2n) is 4.33. The van der Waals surface area contributed by atoms with Crippen LogP contribution >= 0.6 is 11.6 Å². The molecular weight excluding hydrogens is 284 g/mol. The Bertz CT molecular complexity index is 700. The zero-order chi connectivity index (χ0) is 14.0. The summed E-state index contributed by atoms with van der Waals surface area (Å²) < 4.78 is 25.9. The summed E-state index contributed by atoms with van der Waals surface area (Å²) in [5, 5.41) is 0.888. The van der Waals surface area contributed by atoms with Crippen LogP contribution in [-0.2, 0) is 16.5 Å². The highest BCUT2D eigenvalue weighted by Gasteiger charge is 2.19. The van der Waals surface area contributed by atoms with E-state index < -0.39 is 10.1 Å². The van der Waals surface area contributed by atoms with Crippen molar-refractivity contribution in [1.29, 1.82) is 0 Å². The van der Waals surface area contributed by atoms with E-state index in [0.717, 1.165) is 11.4 Å². The first-order valence-corrected chi connectivity index (χ1v) is 7.87. The molecule has 0 atom stereocenters. The van der Waals surface area contributed by atoms with E-state index >= 15 is 0 Å². The van der Waals surface area contributed by atoms with Crippen LogP contribution in [0.4, 0.5) is 0 Å². The maximum absolute atomic E-state index is 9.19. The maximum Gasteiger partial charge on any atom is 0.261 e. The van der Waals surface area contributed by atoms with Gasteiger partial charge in [-0.25, -0.2) is 0 Å². The topological polar surface area (TPSA) is 54.4 Å². The SMILES string of the molecule is CS(=O)(=O)O.Clc1cccc2c1Cc1ccccc1-2. The Labute approximate surface area is 117 Å². The Hall–Kier alpha value is -1.36. The molecule has 0 bridgehead atoms. The standard InChI is InChI=1S/C13H9Cl.CH4O3S/c14-13-7-3-6-11-10-5-2-1-4-9(10)8-12(11)13;1-5(2,3)4/h1-7H,8H2;1H3,(H,2,3,4). The lowest BCUT2D eigenvalue weighted by molar-refractivity contribution is 0.490. The van der Waals surface area contributed by atoms with Gasteiger partial charge in [0.15, 0.2) is 0 Å². The fraction of sp³-hybridized carbons (Fsp3) is 0.143. The molecule has 3 nitrogen and oxygen atoms in total. The Balaban J connectivity index is 0.000000232. The molecule has 19 heavy (non-hydrogen) atoms. The fourth-order valence-electron chi connectivity index (χ4n) is 2.12.